The van der Waals surface area contributed by atoms with Crippen molar-refractivity contribution < 1.29 is 0 Å². The van der Waals surface area contributed by atoms with Crippen molar-refractivity contribution in [1.29, 1.82) is 0 Å². The van der Waals surface area contributed by atoms with Crippen LogP contribution in [0.25, 0.3) is 10.6 Å². The summed E-state index contributed by atoms with van der Waals surface area (Å²) >= 11 is 1.70. The maximum atomic E-state index is 5.80. The molecule has 18 heavy (non-hydrogen) atoms. The fourth-order valence-electron chi connectivity index (χ4n) is 2.39. The SMILES string of the molecule is NCC1CCCN1c1nccc(-c2cccs2)n1. The summed E-state index contributed by atoms with van der Waals surface area (Å²) in [7, 11) is 0. The summed E-state index contributed by atoms with van der Waals surface area (Å²) in [6.45, 7) is 1.68. The molecule has 0 bridgehead atoms. The number of thiophene rings is 1. The minimum Gasteiger partial charge on any atom is -0.337 e. The van der Waals surface area contributed by atoms with Gasteiger partial charge >= 0.3 is 0 Å². The Hall–Kier alpha value is -1.46. The van der Waals surface area contributed by atoms with Gasteiger partial charge in [-0.1, -0.05) is 6.07 Å². The van der Waals surface area contributed by atoms with Crippen LogP contribution in [0.2, 0.25) is 0 Å². The van der Waals surface area contributed by atoms with Crippen LogP contribution in [0.1, 0.15) is 12.8 Å². The Morgan fingerprint density at radius 1 is 1.44 bits per heavy atom. The summed E-state index contributed by atoms with van der Waals surface area (Å²) in [5.74, 6) is 0.814. The molecular formula is C13H16N4S. The fourth-order valence-corrected chi connectivity index (χ4v) is 3.09. The Kier molecular flexibility index (Phi) is 3.25. The van der Waals surface area contributed by atoms with Gasteiger partial charge < -0.3 is 10.6 Å². The summed E-state index contributed by atoms with van der Waals surface area (Å²) in [4.78, 5) is 12.5. The van der Waals surface area contributed by atoms with E-state index in [1.54, 1.807) is 11.3 Å². The van der Waals surface area contributed by atoms with Crippen LogP contribution >= 0.6 is 11.3 Å². The molecule has 0 aromatic carbocycles. The molecule has 2 aromatic rings. The van der Waals surface area contributed by atoms with Gasteiger partial charge in [-0.2, -0.15) is 0 Å². The number of aromatic nitrogens is 2. The van der Waals surface area contributed by atoms with E-state index in [1.165, 1.54) is 11.3 Å². The van der Waals surface area contributed by atoms with Crippen LogP contribution in [0.15, 0.2) is 29.8 Å². The first kappa shape index (κ1) is 11.6. The number of nitrogens with zero attached hydrogens (tertiary/aromatic N) is 3. The molecule has 1 aliphatic heterocycles. The maximum Gasteiger partial charge on any atom is 0.226 e. The molecule has 1 unspecified atom stereocenters. The van der Waals surface area contributed by atoms with E-state index in [9.17, 15) is 0 Å². The van der Waals surface area contributed by atoms with Gasteiger partial charge in [0.25, 0.3) is 0 Å². The second kappa shape index (κ2) is 5.04. The highest BCUT2D eigenvalue weighted by molar-refractivity contribution is 7.13. The highest BCUT2D eigenvalue weighted by atomic mass is 32.1. The Morgan fingerprint density at radius 2 is 2.39 bits per heavy atom. The zero-order valence-electron chi connectivity index (χ0n) is 10.1. The van der Waals surface area contributed by atoms with Crippen molar-refractivity contribution >= 4 is 17.3 Å². The van der Waals surface area contributed by atoms with E-state index >= 15 is 0 Å². The van der Waals surface area contributed by atoms with Crippen molar-refractivity contribution in [2.75, 3.05) is 18.0 Å². The van der Waals surface area contributed by atoms with Gasteiger partial charge in [-0.25, -0.2) is 9.97 Å². The van der Waals surface area contributed by atoms with E-state index in [0.29, 0.717) is 12.6 Å². The van der Waals surface area contributed by atoms with Crippen LogP contribution in [0, 0.1) is 0 Å². The molecule has 0 spiro atoms. The molecule has 1 aliphatic rings. The zero-order chi connectivity index (χ0) is 12.4. The molecule has 0 radical (unpaired) electrons. The van der Waals surface area contributed by atoms with E-state index < -0.39 is 0 Å². The molecular weight excluding hydrogens is 244 g/mol. The van der Waals surface area contributed by atoms with Crippen LogP contribution in [-0.4, -0.2) is 29.1 Å². The lowest BCUT2D eigenvalue weighted by Crippen LogP contribution is -2.36. The molecule has 2 N–H and O–H groups in total. The average molecular weight is 260 g/mol. The van der Waals surface area contributed by atoms with E-state index in [0.717, 1.165) is 24.6 Å². The summed E-state index contributed by atoms with van der Waals surface area (Å²) < 4.78 is 0. The fraction of sp³-hybridized carbons (Fsp3) is 0.385. The monoisotopic (exact) mass is 260 g/mol. The first-order chi connectivity index (χ1) is 8.88. The van der Waals surface area contributed by atoms with Gasteiger partial charge in [0.05, 0.1) is 10.6 Å². The molecule has 1 fully saturated rings. The number of hydrogen-bond acceptors (Lipinski definition) is 5. The smallest absolute Gasteiger partial charge is 0.226 e. The molecule has 1 saturated heterocycles. The lowest BCUT2D eigenvalue weighted by molar-refractivity contribution is 0.664. The first-order valence-corrected chi connectivity index (χ1v) is 7.10. The number of anilines is 1. The molecule has 3 rings (SSSR count). The second-order valence-corrected chi connectivity index (χ2v) is 5.39. The van der Waals surface area contributed by atoms with E-state index in [1.807, 2.05) is 18.3 Å². The molecule has 2 aromatic heterocycles. The largest absolute Gasteiger partial charge is 0.337 e. The number of hydrogen-bond donors (Lipinski definition) is 1. The van der Waals surface area contributed by atoms with Gasteiger partial charge in [0, 0.05) is 25.3 Å². The van der Waals surface area contributed by atoms with Crippen molar-refractivity contribution in [1.82, 2.24) is 9.97 Å². The van der Waals surface area contributed by atoms with Crippen LogP contribution in [0.3, 0.4) is 0 Å². The number of rotatable bonds is 3. The lowest BCUT2D eigenvalue weighted by Gasteiger charge is -2.23. The van der Waals surface area contributed by atoms with Gasteiger partial charge in [0.15, 0.2) is 0 Å². The van der Waals surface area contributed by atoms with Crippen LogP contribution in [0.4, 0.5) is 5.95 Å². The van der Waals surface area contributed by atoms with Crippen molar-refractivity contribution in [3.63, 3.8) is 0 Å². The van der Waals surface area contributed by atoms with Crippen molar-refractivity contribution in [2.24, 2.45) is 5.73 Å². The first-order valence-electron chi connectivity index (χ1n) is 6.22. The maximum absolute atomic E-state index is 5.80. The van der Waals surface area contributed by atoms with Crippen LogP contribution in [0.5, 0.6) is 0 Å². The quantitative estimate of drug-likeness (QED) is 0.918. The van der Waals surface area contributed by atoms with Gasteiger partial charge in [0.1, 0.15) is 0 Å². The summed E-state index contributed by atoms with van der Waals surface area (Å²) in [6, 6.07) is 6.48. The lowest BCUT2D eigenvalue weighted by atomic mass is 10.2. The summed E-state index contributed by atoms with van der Waals surface area (Å²) in [6.07, 6.45) is 4.15. The minimum absolute atomic E-state index is 0.392. The minimum atomic E-state index is 0.392. The highest BCUT2D eigenvalue weighted by Crippen LogP contribution is 2.26. The molecule has 0 saturated carbocycles. The van der Waals surface area contributed by atoms with E-state index in [4.69, 9.17) is 5.73 Å². The van der Waals surface area contributed by atoms with Crippen molar-refractivity contribution in [2.45, 2.75) is 18.9 Å². The normalized spacial score (nSPS) is 19.4. The Morgan fingerprint density at radius 3 is 3.17 bits per heavy atom. The molecule has 0 amide bonds. The van der Waals surface area contributed by atoms with Crippen molar-refractivity contribution in [3.05, 3.63) is 29.8 Å². The zero-order valence-corrected chi connectivity index (χ0v) is 10.9. The van der Waals surface area contributed by atoms with Crippen LogP contribution in [-0.2, 0) is 0 Å². The topological polar surface area (TPSA) is 55.0 Å². The summed E-state index contributed by atoms with van der Waals surface area (Å²) in [5.41, 5.74) is 6.80. The average Bonchev–Trinajstić information content (AvgIpc) is 3.10. The Labute approximate surface area is 110 Å². The molecule has 0 aliphatic carbocycles. The van der Waals surface area contributed by atoms with Gasteiger partial charge in [-0.15, -0.1) is 11.3 Å². The third kappa shape index (κ3) is 2.11. The van der Waals surface area contributed by atoms with Crippen LogP contribution < -0.4 is 10.6 Å². The molecule has 4 nitrogen and oxygen atoms in total. The van der Waals surface area contributed by atoms with Crippen molar-refractivity contribution in [3.8, 4) is 10.6 Å². The molecule has 1 atom stereocenters. The Bertz CT molecular complexity index is 511. The third-order valence-corrected chi connectivity index (χ3v) is 4.21. The van der Waals surface area contributed by atoms with E-state index in [-0.39, 0.29) is 0 Å². The highest BCUT2D eigenvalue weighted by Gasteiger charge is 2.25. The van der Waals surface area contributed by atoms with E-state index in [2.05, 4.69) is 26.3 Å². The molecule has 3 heterocycles. The Balaban J connectivity index is 1.91. The summed E-state index contributed by atoms with van der Waals surface area (Å²) in [5, 5.41) is 2.07. The second-order valence-electron chi connectivity index (χ2n) is 4.44. The number of nitrogens with two attached hydrogens (primary N) is 1. The predicted molar refractivity (Wildman–Crippen MR) is 74.8 cm³/mol. The van der Waals surface area contributed by atoms with Gasteiger partial charge in [-0.05, 0) is 30.4 Å². The molecule has 94 valence electrons. The van der Waals surface area contributed by atoms with Gasteiger partial charge in [0.2, 0.25) is 5.95 Å². The van der Waals surface area contributed by atoms with Gasteiger partial charge in [-0.3, -0.25) is 0 Å². The standard InChI is InChI=1S/C13H16N4S/c14-9-10-3-1-7-17(10)13-15-6-5-11(16-13)12-4-2-8-18-12/h2,4-6,8,10H,1,3,7,9,14H2. The molecule has 5 heteroatoms. The third-order valence-electron chi connectivity index (χ3n) is 3.32. The predicted octanol–water partition coefficient (Wildman–Crippen LogP) is 2.13.